The molecule has 0 radical (unpaired) electrons. The SMILES string of the molecule is N#CC1(COc2ccccc2Cl)CCCN1. The van der Waals surface area contributed by atoms with Crippen LogP contribution in [0.2, 0.25) is 5.02 Å². The van der Waals surface area contributed by atoms with Crippen LogP contribution in [0.3, 0.4) is 0 Å². The molecule has 0 amide bonds. The fourth-order valence-corrected chi connectivity index (χ4v) is 2.01. The van der Waals surface area contributed by atoms with Crippen molar-refractivity contribution in [1.82, 2.24) is 5.32 Å². The van der Waals surface area contributed by atoms with Gasteiger partial charge in [0.1, 0.15) is 17.9 Å². The van der Waals surface area contributed by atoms with Gasteiger partial charge in [-0.05, 0) is 31.5 Å². The van der Waals surface area contributed by atoms with E-state index >= 15 is 0 Å². The first kappa shape index (κ1) is 11.3. The van der Waals surface area contributed by atoms with Gasteiger partial charge < -0.3 is 4.74 Å². The van der Waals surface area contributed by atoms with Crippen molar-refractivity contribution in [2.45, 2.75) is 18.4 Å². The van der Waals surface area contributed by atoms with Crippen LogP contribution in [0.4, 0.5) is 0 Å². The molecule has 1 unspecified atom stereocenters. The van der Waals surface area contributed by atoms with Crippen LogP contribution in [-0.4, -0.2) is 18.7 Å². The highest BCUT2D eigenvalue weighted by molar-refractivity contribution is 6.32. The molecular weight excluding hydrogens is 224 g/mol. The van der Waals surface area contributed by atoms with Gasteiger partial charge in [0.2, 0.25) is 0 Å². The third-order valence-electron chi connectivity index (χ3n) is 2.77. The lowest BCUT2D eigenvalue weighted by molar-refractivity contribution is 0.238. The number of nitrogens with zero attached hydrogens (tertiary/aromatic N) is 1. The molecule has 84 valence electrons. The standard InChI is InChI=1S/C12H13ClN2O/c13-10-4-1-2-5-11(10)16-9-12(8-14)6-3-7-15-12/h1-2,4-5,15H,3,6-7,9H2. The smallest absolute Gasteiger partial charge is 0.141 e. The molecule has 1 saturated heterocycles. The Morgan fingerprint density at radius 2 is 2.31 bits per heavy atom. The van der Waals surface area contributed by atoms with E-state index in [1.54, 1.807) is 6.07 Å². The van der Waals surface area contributed by atoms with E-state index in [9.17, 15) is 0 Å². The first-order valence-corrected chi connectivity index (χ1v) is 5.67. The molecule has 16 heavy (non-hydrogen) atoms. The maximum atomic E-state index is 9.14. The third-order valence-corrected chi connectivity index (χ3v) is 3.08. The molecule has 1 aromatic rings. The molecule has 3 nitrogen and oxygen atoms in total. The number of nitrogens with one attached hydrogen (secondary N) is 1. The van der Waals surface area contributed by atoms with Crippen molar-refractivity contribution >= 4 is 11.6 Å². The summed E-state index contributed by atoms with van der Waals surface area (Å²) < 4.78 is 5.60. The highest BCUT2D eigenvalue weighted by Gasteiger charge is 2.34. The topological polar surface area (TPSA) is 45.0 Å². The second-order valence-corrected chi connectivity index (χ2v) is 4.35. The Morgan fingerprint density at radius 1 is 1.50 bits per heavy atom. The van der Waals surface area contributed by atoms with Crippen molar-refractivity contribution in [2.75, 3.05) is 13.2 Å². The van der Waals surface area contributed by atoms with E-state index in [0.29, 0.717) is 17.4 Å². The Balaban J connectivity index is 2.02. The minimum absolute atomic E-state index is 0.341. The maximum absolute atomic E-state index is 9.14. The molecule has 1 heterocycles. The van der Waals surface area contributed by atoms with Gasteiger partial charge >= 0.3 is 0 Å². The van der Waals surface area contributed by atoms with Crippen LogP contribution >= 0.6 is 11.6 Å². The van der Waals surface area contributed by atoms with Crippen LogP contribution in [0.5, 0.6) is 5.75 Å². The van der Waals surface area contributed by atoms with Crippen LogP contribution in [0.15, 0.2) is 24.3 Å². The summed E-state index contributed by atoms with van der Waals surface area (Å²) in [6.45, 7) is 1.21. The van der Waals surface area contributed by atoms with Gasteiger partial charge in [-0.3, -0.25) is 5.32 Å². The number of halogens is 1. The van der Waals surface area contributed by atoms with Gasteiger partial charge in [-0.2, -0.15) is 5.26 Å². The monoisotopic (exact) mass is 236 g/mol. The van der Waals surface area contributed by atoms with E-state index in [2.05, 4.69) is 11.4 Å². The summed E-state index contributed by atoms with van der Waals surface area (Å²) in [6, 6.07) is 9.59. The number of ether oxygens (including phenoxy) is 1. The summed E-state index contributed by atoms with van der Waals surface area (Å²) in [5, 5.41) is 12.9. The number of benzene rings is 1. The lowest BCUT2D eigenvalue weighted by Gasteiger charge is -2.21. The molecule has 0 aliphatic carbocycles. The number of hydrogen-bond donors (Lipinski definition) is 1. The second-order valence-electron chi connectivity index (χ2n) is 3.94. The third kappa shape index (κ3) is 2.29. The van der Waals surface area contributed by atoms with Gasteiger partial charge in [0, 0.05) is 0 Å². The van der Waals surface area contributed by atoms with Gasteiger partial charge in [-0.25, -0.2) is 0 Å². The molecule has 1 aliphatic rings. The summed E-state index contributed by atoms with van der Waals surface area (Å²) >= 11 is 5.97. The Kier molecular flexibility index (Phi) is 3.33. The van der Waals surface area contributed by atoms with Crippen LogP contribution in [-0.2, 0) is 0 Å². The molecule has 1 aromatic carbocycles. The Bertz CT molecular complexity index is 408. The molecule has 0 spiro atoms. The zero-order chi connectivity index (χ0) is 11.4. The molecule has 1 atom stereocenters. The predicted octanol–water partition coefficient (Wildman–Crippen LogP) is 2.36. The van der Waals surface area contributed by atoms with Crippen LogP contribution in [0.1, 0.15) is 12.8 Å². The van der Waals surface area contributed by atoms with Crippen molar-refractivity contribution in [1.29, 1.82) is 5.26 Å². The molecule has 0 saturated carbocycles. The summed E-state index contributed by atoms with van der Waals surface area (Å²) in [5.41, 5.74) is -0.542. The van der Waals surface area contributed by atoms with Crippen molar-refractivity contribution < 1.29 is 4.74 Å². The summed E-state index contributed by atoms with van der Waals surface area (Å²) in [4.78, 5) is 0. The van der Waals surface area contributed by atoms with Crippen LogP contribution < -0.4 is 10.1 Å². The number of hydrogen-bond acceptors (Lipinski definition) is 3. The normalized spacial score (nSPS) is 24.0. The first-order chi connectivity index (χ1) is 7.76. The molecule has 4 heteroatoms. The summed E-state index contributed by atoms with van der Waals surface area (Å²) in [5.74, 6) is 0.632. The van der Waals surface area contributed by atoms with Crippen LogP contribution in [0.25, 0.3) is 0 Å². The van der Waals surface area contributed by atoms with Crippen LogP contribution in [0, 0.1) is 11.3 Å². The first-order valence-electron chi connectivity index (χ1n) is 5.29. The molecule has 1 aliphatic heterocycles. The quantitative estimate of drug-likeness (QED) is 0.876. The molecule has 2 rings (SSSR count). The van der Waals surface area contributed by atoms with E-state index in [-0.39, 0.29) is 0 Å². The summed E-state index contributed by atoms with van der Waals surface area (Å²) in [6.07, 6.45) is 1.84. The molecule has 0 aromatic heterocycles. The minimum atomic E-state index is -0.542. The zero-order valence-corrected chi connectivity index (χ0v) is 9.63. The van der Waals surface area contributed by atoms with E-state index in [0.717, 1.165) is 19.4 Å². The molecule has 1 fully saturated rings. The number of rotatable bonds is 3. The second kappa shape index (κ2) is 4.73. The molecule has 0 bridgehead atoms. The highest BCUT2D eigenvalue weighted by atomic mass is 35.5. The fraction of sp³-hybridized carbons (Fsp3) is 0.417. The Labute approximate surface area is 100.0 Å². The largest absolute Gasteiger partial charge is 0.489 e. The highest BCUT2D eigenvalue weighted by Crippen LogP contribution is 2.26. The number of nitriles is 1. The molecular formula is C12H13ClN2O. The average molecular weight is 237 g/mol. The van der Waals surface area contributed by atoms with Crippen molar-refractivity contribution in [3.05, 3.63) is 29.3 Å². The lowest BCUT2D eigenvalue weighted by Crippen LogP contribution is -2.43. The maximum Gasteiger partial charge on any atom is 0.141 e. The van der Waals surface area contributed by atoms with E-state index in [1.807, 2.05) is 18.2 Å². The van der Waals surface area contributed by atoms with E-state index in [1.165, 1.54) is 0 Å². The number of para-hydroxylation sites is 1. The van der Waals surface area contributed by atoms with Crippen molar-refractivity contribution in [3.8, 4) is 11.8 Å². The fourth-order valence-electron chi connectivity index (χ4n) is 1.82. The minimum Gasteiger partial charge on any atom is -0.489 e. The van der Waals surface area contributed by atoms with E-state index in [4.69, 9.17) is 21.6 Å². The van der Waals surface area contributed by atoms with Gasteiger partial charge in [0.05, 0.1) is 11.1 Å². The van der Waals surface area contributed by atoms with Gasteiger partial charge in [-0.1, -0.05) is 23.7 Å². The Morgan fingerprint density at radius 3 is 2.94 bits per heavy atom. The van der Waals surface area contributed by atoms with Gasteiger partial charge in [-0.15, -0.1) is 0 Å². The lowest BCUT2D eigenvalue weighted by atomic mass is 10.0. The summed E-state index contributed by atoms with van der Waals surface area (Å²) in [7, 11) is 0. The average Bonchev–Trinajstić information content (AvgIpc) is 2.78. The van der Waals surface area contributed by atoms with Gasteiger partial charge in [0.15, 0.2) is 0 Å². The van der Waals surface area contributed by atoms with E-state index < -0.39 is 5.54 Å². The van der Waals surface area contributed by atoms with Gasteiger partial charge in [0.25, 0.3) is 0 Å². The molecule has 1 N–H and O–H groups in total. The van der Waals surface area contributed by atoms with Crippen molar-refractivity contribution in [3.63, 3.8) is 0 Å². The predicted molar refractivity (Wildman–Crippen MR) is 62.5 cm³/mol. The zero-order valence-electron chi connectivity index (χ0n) is 8.87. The van der Waals surface area contributed by atoms with Crippen molar-refractivity contribution in [2.24, 2.45) is 0 Å². The Hall–Kier alpha value is -1.24.